The Labute approximate surface area is 95.0 Å². The number of nitrogens with zero attached hydrogens (tertiary/aromatic N) is 1. The molecule has 2 fully saturated rings. The van der Waals surface area contributed by atoms with E-state index in [1.165, 1.54) is 4.90 Å². The molecule has 2 saturated carbocycles. The van der Waals surface area contributed by atoms with Gasteiger partial charge < -0.3 is 4.90 Å². The molecule has 0 unspecified atom stereocenters. The minimum atomic E-state index is -1.09. The van der Waals surface area contributed by atoms with E-state index in [1.54, 1.807) is 14.1 Å². The molecule has 2 aliphatic carbocycles. The van der Waals surface area contributed by atoms with E-state index in [2.05, 4.69) is 0 Å². The second-order valence-electron chi connectivity index (χ2n) is 5.61. The molecule has 0 heterocycles. The summed E-state index contributed by atoms with van der Waals surface area (Å²) in [5.74, 6) is -1.28. The normalized spacial score (nSPS) is 35.6. The zero-order chi connectivity index (χ0) is 12.3. The molecule has 0 aromatic rings. The number of ketones is 2. The largest absolute Gasteiger partial charge is 0.348 e. The van der Waals surface area contributed by atoms with Crippen molar-refractivity contribution >= 4 is 17.5 Å². The second kappa shape index (κ2) is 2.93. The van der Waals surface area contributed by atoms with E-state index in [4.69, 9.17) is 0 Å². The molecule has 0 saturated heterocycles. The minimum absolute atomic E-state index is 0.212. The van der Waals surface area contributed by atoms with Crippen LogP contribution < -0.4 is 0 Å². The molecule has 4 heteroatoms. The van der Waals surface area contributed by atoms with Crippen molar-refractivity contribution in [3.8, 4) is 0 Å². The van der Waals surface area contributed by atoms with Crippen molar-refractivity contribution in [3.63, 3.8) is 0 Å². The van der Waals surface area contributed by atoms with Crippen molar-refractivity contribution in [1.82, 2.24) is 4.90 Å². The number of fused-ring (bicyclic) bond motifs is 2. The molecule has 1 amide bonds. The van der Waals surface area contributed by atoms with E-state index < -0.39 is 16.6 Å². The predicted molar refractivity (Wildman–Crippen MR) is 57.6 cm³/mol. The van der Waals surface area contributed by atoms with Crippen LogP contribution in [-0.2, 0) is 14.4 Å². The van der Waals surface area contributed by atoms with Crippen LogP contribution in [0.25, 0.3) is 0 Å². The first-order valence-corrected chi connectivity index (χ1v) is 5.57. The molecule has 0 aromatic heterocycles. The SMILES string of the molecule is CN(C)C(=O)[C@]12CC[C@H](C(=O)C1=O)C2(C)C. The molecule has 0 aliphatic heterocycles. The third-order valence-electron chi connectivity index (χ3n) is 4.48. The minimum Gasteiger partial charge on any atom is -0.348 e. The van der Waals surface area contributed by atoms with E-state index >= 15 is 0 Å². The van der Waals surface area contributed by atoms with Crippen LogP contribution in [0.2, 0.25) is 0 Å². The van der Waals surface area contributed by atoms with Gasteiger partial charge in [-0.05, 0) is 18.3 Å². The lowest BCUT2D eigenvalue weighted by atomic mass is 9.68. The number of carbonyl (C=O) groups is 3. The van der Waals surface area contributed by atoms with Crippen molar-refractivity contribution in [2.75, 3.05) is 14.1 Å². The van der Waals surface area contributed by atoms with Crippen molar-refractivity contribution in [2.45, 2.75) is 26.7 Å². The van der Waals surface area contributed by atoms with Gasteiger partial charge in [0.1, 0.15) is 5.41 Å². The van der Waals surface area contributed by atoms with Gasteiger partial charge >= 0.3 is 0 Å². The molecule has 0 radical (unpaired) electrons. The zero-order valence-corrected chi connectivity index (χ0v) is 10.2. The summed E-state index contributed by atoms with van der Waals surface area (Å²) in [6.45, 7) is 3.74. The van der Waals surface area contributed by atoms with Crippen molar-refractivity contribution < 1.29 is 14.4 Å². The standard InChI is InChI=1S/C12H17NO3/c1-11(2)7-5-6-12(11,9(15)8(7)14)10(16)13(3)4/h7H,5-6H2,1-4H3/t7-,12+/m1/s1. The number of rotatable bonds is 1. The Balaban J connectivity index is 2.58. The average molecular weight is 223 g/mol. The highest BCUT2D eigenvalue weighted by molar-refractivity contribution is 6.47. The van der Waals surface area contributed by atoms with Gasteiger partial charge in [-0.1, -0.05) is 13.8 Å². The Morgan fingerprint density at radius 3 is 2.25 bits per heavy atom. The van der Waals surface area contributed by atoms with Crippen LogP contribution in [-0.4, -0.2) is 36.5 Å². The highest BCUT2D eigenvalue weighted by Gasteiger charge is 2.72. The van der Waals surface area contributed by atoms with Crippen molar-refractivity contribution in [3.05, 3.63) is 0 Å². The summed E-state index contributed by atoms with van der Waals surface area (Å²) >= 11 is 0. The predicted octanol–water partition coefficient (Wildman–Crippen LogP) is 0.649. The number of carbonyl (C=O) groups excluding carboxylic acids is 3. The fourth-order valence-corrected chi connectivity index (χ4v) is 3.44. The number of hydrogen-bond acceptors (Lipinski definition) is 3. The molecular weight excluding hydrogens is 206 g/mol. The van der Waals surface area contributed by atoms with Gasteiger partial charge in [-0.15, -0.1) is 0 Å². The Kier molecular flexibility index (Phi) is 2.07. The van der Waals surface area contributed by atoms with Crippen molar-refractivity contribution in [1.29, 1.82) is 0 Å². The highest BCUT2D eigenvalue weighted by atomic mass is 16.2. The lowest BCUT2D eigenvalue weighted by Crippen LogP contribution is -2.49. The monoisotopic (exact) mass is 223 g/mol. The summed E-state index contributed by atoms with van der Waals surface area (Å²) in [7, 11) is 3.27. The summed E-state index contributed by atoms with van der Waals surface area (Å²) in [4.78, 5) is 37.5. The van der Waals surface area contributed by atoms with Crippen LogP contribution in [0.4, 0.5) is 0 Å². The summed E-state index contributed by atoms with van der Waals surface area (Å²) in [5.41, 5.74) is -1.61. The quantitative estimate of drug-likeness (QED) is 0.484. The van der Waals surface area contributed by atoms with Crippen LogP contribution in [0.5, 0.6) is 0 Å². The fraction of sp³-hybridized carbons (Fsp3) is 0.750. The summed E-state index contributed by atoms with van der Waals surface area (Å²) in [5, 5.41) is 0. The first-order chi connectivity index (χ1) is 7.26. The van der Waals surface area contributed by atoms with E-state index in [9.17, 15) is 14.4 Å². The van der Waals surface area contributed by atoms with Gasteiger partial charge in [0.15, 0.2) is 0 Å². The van der Waals surface area contributed by atoms with Gasteiger partial charge in [-0.25, -0.2) is 0 Å². The Morgan fingerprint density at radius 2 is 1.88 bits per heavy atom. The van der Waals surface area contributed by atoms with Crippen molar-refractivity contribution in [2.24, 2.45) is 16.7 Å². The van der Waals surface area contributed by atoms with Gasteiger partial charge in [-0.2, -0.15) is 0 Å². The molecular formula is C12H17NO3. The van der Waals surface area contributed by atoms with E-state index in [0.29, 0.717) is 12.8 Å². The van der Waals surface area contributed by atoms with Gasteiger partial charge in [0.2, 0.25) is 17.5 Å². The topological polar surface area (TPSA) is 54.5 Å². The second-order valence-corrected chi connectivity index (χ2v) is 5.61. The third kappa shape index (κ3) is 0.931. The number of hydrogen-bond donors (Lipinski definition) is 0. The molecule has 2 rings (SSSR count). The molecule has 88 valence electrons. The van der Waals surface area contributed by atoms with Crippen LogP contribution >= 0.6 is 0 Å². The first kappa shape index (κ1) is 11.3. The molecule has 4 nitrogen and oxygen atoms in total. The summed E-state index contributed by atoms with van der Waals surface area (Å²) in [6.07, 6.45) is 1.18. The Hall–Kier alpha value is -1.19. The fourth-order valence-electron chi connectivity index (χ4n) is 3.44. The van der Waals surface area contributed by atoms with Gasteiger partial charge in [0, 0.05) is 20.0 Å². The third-order valence-corrected chi connectivity index (χ3v) is 4.48. The Morgan fingerprint density at radius 1 is 1.31 bits per heavy atom. The van der Waals surface area contributed by atoms with Crippen LogP contribution in [0, 0.1) is 16.7 Å². The maximum Gasteiger partial charge on any atom is 0.236 e. The number of Topliss-reactive ketones (excluding diaryl/α,β-unsaturated/α-hetero) is 2. The van der Waals surface area contributed by atoms with Crippen LogP contribution in [0.15, 0.2) is 0 Å². The molecule has 2 aliphatic rings. The van der Waals surface area contributed by atoms with E-state index in [-0.39, 0.29) is 17.6 Å². The summed E-state index contributed by atoms with van der Waals surface area (Å²) < 4.78 is 0. The summed E-state index contributed by atoms with van der Waals surface area (Å²) in [6, 6.07) is 0. The maximum absolute atomic E-state index is 12.2. The van der Waals surface area contributed by atoms with Gasteiger partial charge in [-0.3, -0.25) is 14.4 Å². The molecule has 2 bridgehead atoms. The Bertz CT molecular complexity index is 397. The first-order valence-electron chi connectivity index (χ1n) is 5.57. The molecule has 2 atom stereocenters. The van der Waals surface area contributed by atoms with E-state index in [1.807, 2.05) is 13.8 Å². The molecule has 16 heavy (non-hydrogen) atoms. The molecule has 0 aromatic carbocycles. The highest BCUT2D eigenvalue weighted by Crippen LogP contribution is 2.62. The van der Waals surface area contributed by atoms with Crippen LogP contribution in [0.1, 0.15) is 26.7 Å². The zero-order valence-electron chi connectivity index (χ0n) is 10.2. The average Bonchev–Trinajstić information content (AvgIpc) is 2.53. The lowest BCUT2D eigenvalue weighted by molar-refractivity contribution is -0.153. The molecule has 0 spiro atoms. The molecule has 0 N–H and O–H groups in total. The van der Waals surface area contributed by atoms with Crippen LogP contribution in [0.3, 0.4) is 0 Å². The van der Waals surface area contributed by atoms with E-state index in [0.717, 1.165) is 0 Å². The van der Waals surface area contributed by atoms with Gasteiger partial charge in [0.25, 0.3) is 0 Å². The number of amides is 1. The van der Waals surface area contributed by atoms with Gasteiger partial charge in [0.05, 0.1) is 0 Å². The maximum atomic E-state index is 12.2. The lowest BCUT2D eigenvalue weighted by Gasteiger charge is -2.35. The smallest absolute Gasteiger partial charge is 0.236 e.